The number of carbonyl (C=O) groups excluding carboxylic acids is 1. The van der Waals surface area contributed by atoms with Crippen molar-refractivity contribution in [3.63, 3.8) is 0 Å². The molecule has 0 aliphatic heterocycles. The maximum absolute atomic E-state index is 12.1. The van der Waals surface area contributed by atoms with Gasteiger partial charge in [0.25, 0.3) is 5.91 Å². The van der Waals surface area contributed by atoms with Crippen LogP contribution in [-0.2, 0) is 14.8 Å². The number of sulfonamides is 1. The normalized spacial score (nSPS) is 11.9. The number of anilines is 1. The maximum Gasteiger partial charge on any atom is 0.259 e. The third kappa shape index (κ3) is 6.47. The van der Waals surface area contributed by atoms with E-state index in [4.69, 9.17) is 0 Å². The Bertz CT molecular complexity index is 921. The fraction of sp³-hybridized carbons (Fsp3) is 0.300. The number of aryl methyl sites for hydroxylation is 1. The molecule has 0 atom stereocenters. The van der Waals surface area contributed by atoms with Crippen LogP contribution in [0.2, 0.25) is 0 Å². The first-order valence-electron chi connectivity index (χ1n) is 9.05. The van der Waals surface area contributed by atoms with Crippen LogP contribution < -0.4 is 15.5 Å². The van der Waals surface area contributed by atoms with E-state index in [1.165, 1.54) is 12.1 Å². The number of benzene rings is 2. The standard InChI is InChI=1S/C20H26N4O3S/c1-4-13-22-28(26,27)19-11-7-17(8-12-19)16(3)23-24-20(25)14-21-18-9-5-15(2)6-10-18/h5-12,21-22H,4,13-14H2,1-3H3,(H,24,25)/b23-16-. The lowest BCUT2D eigenvalue weighted by molar-refractivity contribution is -0.119. The van der Waals surface area contributed by atoms with Crippen molar-refractivity contribution in [1.82, 2.24) is 10.1 Å². The average molecular weight is 403 g/mol. The van der Waals surface area contributed by atoms with Gasteiger partial charge in [0.15, 0.2) is 0 Å². The Kier molecular flexibility index (Phi) is 7.71. The van der Waals surface area contributed by atoms with Crippen LogP contribution >= 0.6 is 0 Å². The summed E-state index contributed by atoms with van der Waals surface area (Å²) in [4.78, 5) is 12.1. The number of nitrogens with zero attached hydrogens (tertiary/aromatic N) is 1. The summed E-state index contributed by atoms with van der Waals surface area (Å²) in [5, 5.41) is 7.10. The fourth-order valence-corrected chi connectivity index (χ4v) is 3.43. The predicted molar refractivity (Wildman–Crippen MR) is 112 cm³/mol. The molecular weight excluding hydrogens is 376 g/mol. The minimum atomic E-state index is -3.49. The topological polar surface area (TPSA) is 99.7 Å². The van der Waals surface area contributed by atoms with Crippen molar-refractivity contribution in [1.29, 1.82) is 0 Å². The molecule has 0 unspecified atom stereocenters. The number of carbonyl (C=O) groups is 1. The molecule has 0 saturated heterocycles. The van der Waals surface area contributed by atoms with Crippen LogP contribution in [0.15, 0.2) is 58.5 Å². The van der Waals surface area contributed by atoms with Crippen LogP contribution in [0.3, 0.4) is 0 Å². The van der Waals surface area contributed by atoms with Gasteiger partial charge in [0.05, 0.1) is 17.2 Å². The minimum absolute atomic E-state index is 0.0973. The molecule has 7 nitrogen and oxygen atoms in total. The van der Waals surface area contributed by atoms with Gasteiger partial charge < -0.3 is 5.32 Å². The second-order valence-electron chi connectivity index (χ2n) is 6.37. The summed E-state index contributed by atoms with van der Waals surface area (Å²) in [6, 6.07) is 14.1. The molecule has 2 aromatic rings. The van der Waals surface area contributed by atoms with Crippen molar-refractivity contribution >= 4 is 27.3 Å². The van der Waals surface area contributed by atoms with Gasteiger partial charge in [-0.1, -0.05) is 36.8 Å². The summed E-state index contributed by atoms with van der Waals surface area (Å²) in [5.41, 5.74) is 5.80. The first-order valence-corrected chi connectivity index (χ1v) is 10.5. The second kappa shape index (κ2) is 10.0. The average Bonchev–Trinajstić information content (AvgIpc) is 2.70. The highest BCUT2D eigenvalue weighted by atomic mass is 32.2. The van der Waals surface area contributed by atoms with Gasteiger partial charge >= 0.3 is 0 Å². The Morgan fingerprint density at radius 2 is 1.68 bits per heavy atom. The number of hydrazone groups is 1. The van der Waals surface area contributed by atoms with Crippen molar-refractivity contribution < 1.29 is 13.2 Å². The molecule has 2 rings (SSSR count). The van der Waals surface area contributed by atoms with E-state index in [-0.39, 0.29) is 17.3 Å². The quantitative estimate of drug-likeness (QED) is 0.443. The van der Waals surface area contributed by atoms with Crippen molar-refractivity contribution in [3.05, 3.63) is 59.7 Å². The fourth-order valence-electron chi connectivity index (χ4n) is 2.30. The molecule has 3 N–H and O–H groups in total. The highest BCUT2D eigenvalue weighted by Gasteiger charge is 2.13. The molecular formula is C20H26N4O3S. The highest BCUT2D eigenvalue weighted by molar-refractivity contribution is 7.89. The smallest absolute Gasteiger partial charge is 0.259 e. The van der Waals surface area contributed by atoms with Gasteiger partial charge in [-0.3, -0.25) is 4.79 Å². The van der Waals surface area contributed by atoms with Gasteiger partial charge in [-0.05, 0) is 50.1 Å². The number of hydrogen-bond acceptors (Lipinski definition) is 5. The van der Waals surface area contributed by atoms with Gasteiger partial charge in [0.1, 0.15) is 0 Å². The first kappa shape index (κ1) is 21.6. The molecule has 28 heavy (non-hydrogen) atoms. The van der Waals surface area contributed by atoms with E-state index in [0.29, 0.717) is 12.3 Å². The number of hydrogen-bond donors (Lipinski definition) is 3. The van der Waals surface area contributed by atoms with Crippen LogP contribution in [0, 0.1) is 6.92 Å². The van der Waals surface area contributed by atoms with Crippen LogP contribution in [0.25, 0.3) is 0 Å². The third-order valence-electron chi connectivity index (χ3n) is 3.98. The molecule has 8 heteroatoms. The van der Waals surface area contributed by atoms with Crippen molar-refractivity contribution in [3.8, 4) is 0 Å². The SMILES string of the molecule is CCCNS(=O)(=O)c1ccc(/C(C)=N\NC(=O)CNc2ccc(C)cc2)cc1. The van der Waals surface area contributed by atoms with Gasteiger partial charge in [0.2, 0.25) is 10.0 Å². The molecule has 0 saturated carbocycles. The lowest BCUT2D eigenvalue weighted by Gasteiger charge is -2.08. The molecule has 0 aliphatic carbocycles. The van der Waals surface area contributed by atoms with Crippen LogP contribution in [0.4, 0.5) is 5.69 Å². The molecule has 0 aliphatic rings. The Hall–Kier alpha value is -2.71. The molecule has 2 aromatic carbocycles. The summed E-state index contributed by atoms with van der Waals surface area (Å²) < 4.78 is 26.7. The highest BCUT2D eigenvalue weighted by Crippen LogP contribution is 2.11. The van der Waals surface area contributed by atoms with E-state index in [0.717, 1.165) is 23.2 Å². The van der Waals surface area contributed by atoms with E-state index < -0.39 is 10.0 Å². The molecule has 150 valence electrons. The Labute approximate surface area is 166 Å². The van der Waals surface area contributed by atoms with Crippen LogP contribution in [-0.4, -0.2) is 33.1 Å². The molecule has 0 bridgehead atoms. The molecule has 0 aromatic heterocycles. The maximum atomic E-state index is 12.1. The van der Waals surface area contributed by atoms with Gasteiger partial charge in [-0.25, -0.2) is 18.6 Å². The molecule has 0 heterocycles. The summed E-state index contributed by atoms with van der Waals surface area (Å²) in [7, 11) is -3.49. The second-order valence-corrected chi connectivity index (χ2v) is 8.14. The number of amides is 1. The lowest BCUT2D eigenvalue weighted by atomic mass is 10.1. The molecule has 0 fully saturated rings. The Morgan fingerprint density at radius 3 is 2.29 bits per heavy atom. The van der Waals surface area contributed by atoms with Gasteiger partial charge in [0, 0.05) is 12.2 Å². The predicted octanol–water partition coefficient (Wildman–Crippen LogP) is 2.64. The Morgan fingerprint density at radius 1 is 1.04 bits per heavy atom. The minimum Gasteiger partial charge on any atom is -0.376 e. The summed E-state index contributed by atoms with van der Waals surface area (Å²) in [6.07, 6.45) is 0.724. The third-order valence-corrected chi connectivity index (χ3v) is 5.45. The van der Waals surface area contributed by atoms with E-state index >= 15 is 0 Å². The van der Waals surface area contributed by atoms with E-state index in [9.17, 15) is 13.2 Å². The van der Waals surface area contributed by atoms with Gasteiger partial charge in [-0.2, -0.15) is 5.10 Å². The number of rotatable bonds is 9. The zero-order chi connectivity index (χ0) is 20.6. The van der Waals surface area contributed by atoms with E-state index in [2.05, 4.69) is 20.6 Å². The Balaban J connectivity index is 1.91. The van der Waals surface area contributed by atoms with E-state index in [1.807, 2.05) is 38.1 Å². The van der Waals surface area contributed by atoms with Crippen LogP contribution in [0.1, 0.15) is 31.4 Å². The first-order chi connectivity index (χ1) is 13.3. The van der Waals surface area contributed by atoms with E-state index in [1.54, 1.807) is 19.1 Å². The molecule has 0 spiro atoms. The zero-order valence-electron chi connectivity index (χ0n) is 16.3. The van der Waals surface area contributed by atoms with Crippen molar-refractivity contribution in [2.45, 2.75) is 32.1 Å². The van der Waals surface area contributed by atoms with Crippen molar-refractivity contribution in [2.24, 2.45) is 5.10 Å². The lowest BCUT2D eigenvalue weighted by Crippen LogP contribution is -2.26. The monoisotopic (exact) mass is 402 g/mol. The largest absolute Gasteiger partial charge is 0.376 e. The van der Waals surface area contributed by atoms with Crippen molar-refractivity contribution in [2.75, 3.05) is 18.4 Å². The summed E-state index contributed by atoms with van der Waals surface area (Å²) >= 11 is 0. The van der Waals surface area contributed by atoms with Crippen LogP contribution in [0.5, 0.6) is 0 Å². The summed E-state index contributed by atoms with van der Waals surface area (Å²) in [5.74, 6) is -0.275. The molecule has 0 radical (unpaired) electrons. The molecule has 1 amide bonds. The number of nitrogens with one attached hydrogen (secondary N) is 3. The summed E-state index contributed by atoms with van der Waals surface area (Å²) in [6.45, 7) is 6.13. The zero-order valence-corrected chi connectivity index (χ0v) is 17.1. The van der Waals surface area contributed by atoms with Gasteiger partial charge in [-0.15, -0.1) is 0 Å².